The highest BCUT2D eigenvalue weighted by atomic mass is 35.5. The number of imidazole rings is 1. The van der Waals surface area contributed by atoms with E-state index in [0.29, 0.717) is 29.2 Å². The fourth-order valence-corrected chi connectivity index (χ4v) is 4.27. The van der Waals surface area contributed by atoms with Crippen LogP contribution in [0.4, 0.5) is 4.39 Å². The van der Waals surface area contributed by atoms with Crippen LogP contribution >= 0.6 is 11.6 Å². The van der Waals surface area contributed by atoms with Gasteiger partial charge >= 0.3 is 0 Å². The Morgan fingerprint density at radius 1 is 1.36 bits per heavy atom. The Labute approximate surface area is 154 Å². The van der Waals surface area contributed by atoms with Gasteiger partial charge in [0.05, 0.1) is 12.9 Å². The molecule has 2 aromatic rings. The topological polar surface area (TPSA) is 52.8 Å². The van der Waals surface area contributed by atoms with Crippen molar-refractivity contribution >= 4 is 31.1 Å². The van der Waals surface area contributed by atoms with Gasteiger partial charge in [0.25, 0.3) is 0 Å². The van der Waals surface area contributed by atoms with Crippen molar-refractivity contribution in [3.05, 3.63) is 17.8 Å². The summed E-state index contributed by atoms with van der Waals surface area (Å²) in [6.45, 7) is 11.0. The average molecular weight is 385 g/mol. The van der Waals surface area contributed by atoms with E-state index in [1.165, 1.54) is 6.33 Å². The van der Waals surface area contributed by atoms with E-state index in [2.05, 4.69) is 48.8 Å². The number of nitrogens with zero attached hydrogens (tertiary/aromatic N) is 4. The third kappa shape index (κ3) is 3.59. The summed E-state index contributed by atoms with van der Waals surface area (Å²) in [5.41, 5.74) is -0.0641. The van der Waals surface area contributed by atoms with E-state index < -0.39 is 14.0 Å². The monoisotopic (exact) mass is 384 g/mol. The number of hydrogen-bond acceptors (Lipinski definition) is 4. The van der Waals surface area contributed by atoms with Gasteiger partial charge in [-0.1, -0.05) is 32.4 Å². The summed E-state index contributed by atoms with van der Waals surface area (Å²) in [7, 11) is -1.96. The number of aromatic nitrogens is 4. The van der Waals surface area contributed by atoms with Gasteiger partial charge in [-0.15, -0.1) is 0 Å². The Morgan fingerprint density at radius 2 is 2.08 bits per heavy atom. The van der Waals surface area contributed by atoms with Crippen molar-refractivity contribution in [1.29, 1.82) is 0 Å². The molecular weight excluding hydrogens is 359 g/mol. The Morgan fingerprint density at radius 3 is 2.76 bits per heavy atom. The van der Waals surface area contributed by atoms with E-state index in [1.807, 2.05) is 4.57 Å². The highest BCUT2D eigenvalue weighted by molar-refractivity contribution is 6.74. The standard InChI is InChI=1S/C17H26ClFN4OSi/c1-16(2,3)25(4,5)24-9-17(19)7-6-12(8-17)23-11-22-13-14(18)20-10-21-15(13)23/h10-12H,6-9H2,1-5H3/t12-,17-/m1/s1. The van der Waals surface area contributed by atoms with Crippen molar-refractivity contribution in [3.8, 4) is 0 Å². The molecule has 0 saturated heterocycles. The van der Waals surface area contributed by atoms with E-state index in [0.717, 1.165) is 6.42 Å². The molecule has 2 heterocycles. The lowest BCUT2D eigenvalue weighted by Gasteiger charge is -2.38. The van der Waals surface area contributed by atoms with Crippen molar-refractivity contribution in [2.24, 2.45) is 0 Å². The lowest BCUT2D eigenvalue weighted by Crippen LogP contribution is -2.44. The summed E-state index contributed by atoms with van der Waals surface area (Å²) in [5, 5.41) is 0.407. The van der Waals surface area contributed by atoms with Crippen LogP contribution in [-0.4, -0.2) is 40.1 Å². The minimum Gasteiger partial charge on any atom is -0.414 e. The van der Waals surface area contributed by atoms with Gasteiger partial charge in [0.15, 0.2) is 19.1 Å². The Hall–Kier alpha value is -1.05. The van der Waals surface area contributed by atoms with E-state index in [-0.39, 0.29) is 17.7 Å². The normalized spacial score (nSPS) is 25.0. The van der Waals surface area contributed by atoms with Crippen LogP contribution in [0.2, 0.25) is 23.3 Å². The van der Waals surface area contributed by atoms with Gasteiger partial charge in [-0.2, -0.15) is 0 Å². The first kappa shape index (κ1) is 18.7. The molecule has 8 heteroatoms. The SMILES string of the molecule is CC(C)(C)[Si](C)(C)OC[C@@]1(F)CC[C@@H](n2cnc3c(Cl)ncnc32)C1. The maximum atomic E-state index is 15.4. The molecule has 0 N–H and O–H groups in total. The molecular formula is C17H26ClFN4OSi. The minimum absolute atomic E-state index is 0.0176. The molecule has 0 radical (unpaired) electrons. The molecule has 2 aromatic heterocycles. The summed E-state index contributed by atoms with van der Waals surface area (Å²) in [5.74, 6) is 0. The quantitative estimate of drug-likeness (QED) is 0.553. The second-order valence-corrected chi connectivity index (χ2v) is 13.8. The number of alkyl halides is 1. The van der Waals surface area contributed by atoms with Crippen molar-refractivity contribution in [1.82, 2.24) is 19.5 Å². The van der Waals surface area contributed by atoms with Gasteiger partial charge in [-0.3, -0.25) is 0 Å². The zero-order valence-electron chi connectivity index (χ0n) is 15.5. The van der Waals surface area contributed by atoms with Crippen LogP contribution in [0.15, 0.2) is 12.7 Å². The summed E-state index contributed by atoms with van der Waals surface area (Å²) < 4.78 is 23.4. The second-order valence-electron chi connectivity index (χ2n) is 8.59. The minimum atomic E-state index is -1.96. The molecule has 0 aliphatic heterocycles. The molecule has 1 aliphatic rings. The molecule has 1 saturated carbocycles. The molecule has 1 aliphatic carbocycles. The van der Waals surface area contributed by atoms with Crippen LogP contribution in [0.5, 0.6) is 0 Å². The van der Waals surface area contributed by atoms with Crippen molar-refractivity contribution in [2.75, 3.05) is 6.61 Å². The zero-order valence-corrected chi connectivity index (χ0v) is 17.3. The molecule has 25 heavy (non-hydrogen) atoms. The van der Waals surface area contributed by atoms with Crippen LogP contribution in [-0.2, 0) is 4.43 Å². The first-order valence-electron chi connectivity index (χ1n) is 8.68. The van der Waals surface area contributed by atoms with Crippen LogP contribution in [0.25, 0.3) is 11.2 Å². The summed E-state index contributed by atoms with van der Waals surface area (Å²) >= 11 is 6.06. The van der Waals surface area contributed by atoms with Crippen LogP contribution in [0.1, 0.15) is 46.1 Å². The van der Waals surface area contributed by atoms with Crippen molar-refractivity contribution < 1.29 is 8.82 Å². The zero-order chi connectivity index (χ0) is 18.5. The Balaban J connectivity index is 1.73. The van der Waals surface area contributed by atoms with Crippen LogP contribution in [0.3, 0.4) is 0 Å². The number of halogens is 2. The Bertz CT molecular complexity index is 776. The number of fused-ring (bicyclic) bond motifs is 1. The number of rotatable bonds is 4. The molecule has 5 nitrogen and oxygen atoms in total. The second kappa shape index (κ2) is 6.28. The van der Waals surface area contributed by atoms with Gasteiger partial charge in [0, 0.05) is 12.5 Å². The highest BCUT2D eigenvalue weighted by Gasteiger charge is 2.44. The maximum absolute atomic E-state index is 15.4. The smallest absolute Gasteiger partial charge is 0.192 e. The van der Waals surface area contributed by atoms with Gasteiger partial charge in [-0.25, -0.2) is 19.3 Å². The van der Waals surface area contributed by atoms with Crippen LogP contribution in [0, 0.1) is 0 Å². The predicted octanol–water partition coefficient (Wildman–Crippen LogP) is 4.93. The fourth-order valence-electron chi connectivity index (χ4n) is 3.04. The molecule has 0 spiro atoms. The lowest BCUT2D eigenvalue weighted by molar-refractivity contribution is 0.0795. The van der Waals surface area contributed by atoms with E-state index in [9.17, 15) is 0 Å². The summed E-state index contributed by atoms with van der Waals surface area (Å²) in [4.78, 5) is 12.5. The van der Waals surface area contributed by atoms with Crippen LogP contribution < -0.4 is 0 Å². The average Bonchev–Trinajstić information content (AvgIpc) is 3.09. The fraction of sp³-hybridized carbons (Fsp3) is 0.706. The van der Waals surface area contributed by atoms with Crippen molar-refractivity contribution in [3.63, 3.8) is 0 Å². The van der Waals surface area contributed by atoms with Gasteiger partial charge in [0.2, 0.25) is 0 Å². The Kier molecular flexibility index (Phi) is 4.71. The number of hydrogen-bond donors (Lipinski definition) is 0. The first-order valence-corrected chi connectivity index (χ1v) is 12.0. The molecule has 3 rings (SSSR count). The third-order valence-corrected chi connectivity index (χ3v) is 10.5. The van der Waals surface area contributed by atoms with E-state index >= 15 is 4.39 Å². The molecule has 0 unspecified atom stereocenters. The molecule has 0 aromatic carbocycles. The maximum Gasteiger partial charge on any atom is 0.192 e. The summed E-state index contributed by atoms with van der Waals surface area (Å²) in [6.07, 6.45) is 4.75. The van der Waals surface area contributed by atoms with Gasteiger partial charge < -0.3 is 8.99 Å². The molecule has 2 atom stereocenters. The third-order valence-electron chi connectivity index (χ3n) is 5.73. The van der Waals surface area contributed by atoms with E-state index in [1.54, 1.807) is 6.33 Å². The largest absolute Gasteiger partial charge is 0.414 e. The molecule has 138 valence electrons. The van der Waals surface area contributed by atoms with Crippen molar-refractivity contribution in [2.45, 2.75) is 69.9 Å². The van der Waals surface area contributed by atoms with Gasteiger partial charge in [-0.05, 0) is 31.0 Å². The first-order chi connectivity index (χ1) is 11.5. The lowest BCUT2D eigenvalue weighted by atomic mass is 10.1. The highest BCUT2D eigenvalue weighted by Crippen LogP contribution is 2.44. The molecule has 0 bridgehead atoms. The predicted molar refractivity (Wildman–Crippen MR) is 100 cm³/mol. The van der Waals surface area contributed by atoms with Gasteiger partial charge in [0.1, 0.15) is 17.5 Å². The summed E-state index contributed by atoms with van der Waals surface area (Å²) in [6, 6.07) is 0.0176. The van der Waals surface area contributed by atoms with E-state index in [4.69, 9.17) is 16.0 Å². The molecule has 1 fully saturated rings. The molecule has 0 amide bonds.